The molecule has 0 unspecified atom stereocenters. The number of rotatable bonds is 2. The van der Waals surface area contributed by atoms with Crippen molar-refractivity contribution in [3.8, 4) is 6.07 Å². The second kappa shape index (κ2) is 7.43. The minimum atomic E-state index is -0.255. The van der Waals surface area contributed by atoms with Crippen molar-refractivity contribution in [1.82, 2.24) is 19.7 Å². The Hall–Kier alpha value is -3.21. The quantitative estimate of drug-likeness (QED) is 0.793. The maximum absolute atomic E-state index is 13.1. The van der Waals surface area contributed by atoms with Crippen LogP contribution >= 0.6 is 0 Å². The number of nitriles is 1. The highest BCUT2D eigenvalue weighted by atomic mass is 16.2. The number of nitrogens with zero attached hydrogens (tertiary/aromatic N) is 6. The van der Waals surface area contributed by atoms with Crippen molar-refractivity contribution in [3.63, 3.8) is 0 Å². The Labute approximate surface area is 163 Å². The molecule has 2 aliphatic rings. The Morgan fingerprint density at radius 2 is 2.04 bits per heavy atom. The van der Waals surface area contributed by atoms with Crippen molar-refractivity contribution in [1.29, 1.82) is 5.26 Å². The van der Waals surface area contributed by atoms with Crippen LogP contribution in [0.1, 0.15) is 48.2 Å². The van der Waals surface area contributed by atoms with E-state index in [2.05, 4.69) is 16.3 Å². The highest BCUT2D eigenvalue weighted by Gasteiger charge is 2.36. The molecule has 0 radical (unpaired) electrons. The topological polar surface area (TPSA) is 95.1 Å². The lowest BCUT2D eigenvalue weighted by Crippen LogP contribution is -2.57. The van der Waals surface area contributed by atoms with E-state index in [-0.39, 0.29) is 24.4 Å². The molecule has 144 valence electrons. The molecule has 1 fully saturated rings. The van der Waals surface area contributed by atoms with Crippen molar-refractivity contribution in [2.45, 2.75) is 45.2 Å². The van der Waals surface area contributed by atoms with Gasteiger partial charge in [0.2, 0.25) is 11.7 Å². The first kappa shape index (κ1) is 18.2. The SMILES string of the molecule is C[C@@H]1CN(c2ccccc2C#N)C(=O)CN1C(=O)c1nnc2n1CCCCC2. The van der Waals surface area contributed by atoms with Crippen LogP contribution in [0.15, 0.2) is 24.3 Å². The van der Waals surface area contributed by atoms with Crippen LogP contribution in [0.4, 0.5) is 5.69 Å². The standard InChI is InChI=1S/C20H22N6O2/c1-14-12-26(16-8-5-4-7-15(16)11-21)18(27)13-25(14)20(28)19-23-22-17-9-3-2-6-10-24(17)19/h4-5,7-8,14H,2-3,6,9-10,12-13H2,1H3/t14-/m1/s1. The number of para-hydroxylation sites is 1. The van der Waals surface area contributed by atoms with Crippen molar-refractivity contribution >= 4 is 17.5 Å². The number of carbonyl (C=O) groups excluding carboxylic acids is 2. The average molecular weight is 378 g/mol. The van der Waals surface area contributed by atoms with Gasteiger partial charge in [-0.05, 0) is 31.9 Å². The lowest BCUT2D eigenvalue weighted by molar-refractivity contribution is -0.121. The number of hydrogen-bond donors (Lipinski definition) is 0. The number of piperazine rings is 1. The molecule has 4 rings (SSSR count). The molecular formula is C20H22N6O2. The molecule has 0 aliphatic carbocycles. The van der Waals surface area contributed by atoms with E-state index in [1.165, 1.54) is 0 Å². The van der Waals surface area contributed by atoms with E-state index in [1.807, 2.05) is 11.5 Å². The maximum atomic E-state index is 13.1. The summed E-state index contributed by atoms with van der Waals surface area (Å²) in [5, 5.41) is 17.7. The molecule has 8 heteroatoms. The van der Waals surface area contributed by atoms with Gasteiger partial charge in [0.15, 0.2) is 0 Å². The lowest BCUT2D eigenvalue weighted by atomic mass is 10.1. The average Bonchev–Trinajstić information content (AvgIpc) is 2.97. The van der Waals surface area contributed by atoms with E-state index in [1.54, 1.807) is 34.1 Å². The van der Waals surface area contributed by atoms with E-state index < -0.39 is 0 Å². The van der Waals surface area contributed by atoms with Gasteiger partial charge in [-0.2, -0.15) is 5.26 Å². The highest BCUT2D eigenvalue weighted by molar-refractivity contribution is 6.01. The summed E-state index contributed by atoms with van der Waals surface area (Å²) < 4.78 is 1.91. The molecule has 1 atom stereocenters. The molecule has 1 aromatic heterocycles. The number of amides is 2. The summed E-state index contributed by atoms with van der Waals surface area (Å²) >= 11 is 0. The second-order valence-corrected chi connectivity index (χ2v) is 7.32. The first-order chi connectivity index (χ1) is 13.6. The van der Waals surface area contributed by atoms with Crippen LogP contribution in [0.25, 0.3) is 0 Å². The van der Waals surface area contributed by atoms with Gasteiger partial charge in [0, 0.05) is 25.6 Å². The molecule has 1 aromatic carbocycles. The number of anilines is 1. The fraction of sp³-hybridized carbons (Fsp3) is 0.450. The molecule has 2 aliphatic heterocycles. The van der Waals surface area contributed by atoms with E-state index in [9.17, 15) is 14.9 Å². The summed E-state index contributed by atoms with van der Waals surface area (Å²) in [5.74, 6) is 0.711. The van der Waals surface area contributed by atoms with Crippen molar-refractivity contribution < 1.29 is 9.59 Å². The minimum Gasteiger partial charge on any atom is -0.322 e. The second-order valence-electron chi connectivity index (χ2n) is 7.32. The first-order valence-electron chi connectivity index (χ1n) is 9.62. The maximum Gasteiger partial charge on any atom is 0.292 e. The fourth-order valence-electron chi connectivity index (χ4n) is 3.93. The van der Waals surface area contributed by atoms with Crippen LogP contribution < -0.4 is 4.90 Å². The number of fused-ring (bicyclic) bond motifs is 1. The smallest absolute Gasteiger partial charge is 0.292 e. The number of benzene rings is 1. The number of aryl methyl sites for hydroxylation is 1. The van der Waals surface area contributed by atoms with E-state index in [0.717, 1.165) is 38.1 Å². The number of carbonyl (C=O) groups is 2. The van der Waals surface area contributed by atoms with Gasteiger partial charge in [-0.3, -0.25) is 9.59 Å². The molecular weight excluding hydrogens is 356 g/mol. The molecule has 28 heavy (non-hydrogen) atoms. The summed E-state index contributed by atoms with van der Waals surface area (Å²) in [7, 11) is 0. The monoisotopic (exact) mass is 378 g/mol. The van der Waals surface area contributed by atoms with Gasteiger partial charge in [0.05, 0.1) is 11.3 Å². The van der Waals surface area contributed by atoms with Gasteiger partial charge < -0.3 is 14.4 Å². The molecule has 8 nitrogen and oxygen atoms in total. The van der Waals surface area contributed by atoms with Crippen molar-refractivity contribution in [3.05, 3.63) is 41.5 Å². The first-order valence-corrected chi connectivity index (χ1v) is 9.62. The molecule has 2 amide bonds. The van der Waals surface area contributed by atoms with Crippen LogP contribution in [0.5, 0.6) is 0 Å². The van der Waals surface area contributed by atoms with Gasteiger partial charge >= 0.3 is 0 Å². The van der Waals surface area contributed by atoms with Crippen molar-refractivity contribution in [2.75, 3.05) is 18.0 Å². The third kappa shape index (κ3) is 3.13. The van der Waals surface area contributed by atoms with Gasteiger partial charge in [0.25, 0.3) is 5.91 Å². The Morgan fingerprint density at radius 3 is 2.86 bits per heavy atom. The zero-order valence-electron chi connectivity index (χ0n) is 15.8. The van der Waals surface area contributed by atoms with Gasteiger partial charge in [0.1, 0.15) is 18.4 Å². The molecule has 2 aromatic rings. The predicted octanol–water partition coefficient (Wildman–Crippen LogP) is 1.75. The summed E-state index contributed by atoms with van der Waals surface area (Å²) in [6, 6.07) is 8.96. The van der Waals surface area contributed by atoms with Crippen molar-refractivity contribution in [2.24, 2.45) is 0 Å². The molecule has 0 saturated carbocycles. The predicted molar refractivity (Wildman–Crippen MR) is 102 cm³/mol. The zero-order valence-corrected chi connectivity index (χ0v) is 15.8. The molecule has 0 spiro atoms. The summed E-state index contributed by atoms with van der Waals surface area (Å²) in [4.78, 5) is 29.1. The normalized spacial score (nSPS) is 19.7. The largest absolute Gasteiger partial charge is 0.322 e. The Balaban J connectivity index is 1.57. The van der Waals surface area contributed by atoms with Gasteiger partial charge in [-0.15, -0.1) is 10.2 Å². The third-order valence-corrected chi connectivity index (χ3v) is 5.46. The van der Waals surface area contributed by atoms with Crippen LogP contribution in [0, 0.1) is 11.3 Å². The summed E-state index contributed by atoms with van der Waals surface area (Å²) in [6.07, 6.45) is 3.99. The third-order valence-electron chi connectivity index (χ3n) is 5.46. The molecule has 0 bridgehead atoms. The van der Waals surface area contributed by atoms with E-state index in [0.29, 0.717) is 23.6 Å². The lowest BCUT2D eigenvalue weighted by Gasteiger charge is -2.39. The minimum absolute atomic E-state index is 0.0397. The van der Waals surface area contributed by atoms with Crippen LogP contribution in [-0.4, -0.2) is 50.6 Å². The van der Waals surface area contributed by atoms with Crippen LogP contribution in [0.3, 0.4) is 0 Å². The van der Waals surface area contributed by atoms with Gasteiger partial charge in [-0.1, -0.05) is 18.6 Å². The van der Waals surface area contributed by atoms with E-state index in [4.69, 9.17) is 0 Å². The Morgan fingerprint density at radius 1 is 1.21 bits per heavy atom. The zero-order chi connectivity index (χ0) is 19.7. The Bertz CT molecular complexity index is 960. The fourth-order valence-corrected chi connectivity index (χ4v) is 3.93. The highest BCUT2D eigenvalue weighted by Crippen LogP contribution is 2.25. The number of aromatic nitrogens is 3. The summed E-state index contributed by atoms with van der Waals surface area (Å²) in [6.45, 7) is 2.94. The number of hydrogen-bond acceptors (Lipinski definition) is 5. The molecule has 0 N–H and O–H groups in total. The summed E-state index contributed by atoms with van der Waals surface area (Å²) in [5.41, 5.74) is 1.04. The molecule has 1 saturated heterocycles. The van der Waals surface area contributed by atoms with Crippen LogP contribution in [-0.2, 0) is 17.8 Å². The Kier molecular flexibility index (Phi) is 4.82. The molecule has 3 heterocycles. The van der Waals surface area contributed by atoms with Crippen LogP contribution in [0.2, 0.25) is 0 Å². The van der Waals surface area contributed by atoms with Gasteiger partial charge in [-0.25, -0.2) is 0 Å². The van der Waals surface area contributed by atoms with E-state index >= 15 is 0 Å².